The Hall–Kier alpha value is 0. The van der Waals surface area contributed by atoms with Gasteiger partial charge < -0.3 is 0 Å². The lowest BCUT2D eigenvalue weighted by molar-refractivity contribution is 0.398. The van der Waals surface area contributed by atoms with Crippen LogP contribution < -0.4 is 0 Å². The van der Waals surface area contributed by atoms with Gasteiger partial charge in [-0.25, -0.2) is 0 Å². The van der Waals surface area contributed by atoms with Gasteiger partial charge in [-0.05, 0) is 11.8 Å². The summed E-state index contributed by atoms with van der Waals surface area (Å²) in [7, 11) is 0. The summed E-state index contributed by atoms with van der Waals surface area (Å²) in [5.41, 5.74) is 0. The molecule has 2 atom stereocenters. The minimum absolute atomic E-state index is 0.968. The fourth-order valence-electron chi connectivity index (χ4n) is 3.92. The lowest BCUT2D eigenvalue weighted by atomic mass is 9.93. The van der Waals surface area contributed by atoms with Gasteiger partial charge in [-0.1, -0.05) is 143 Å². The summed E-state index contributed by atoms with van der Waals surface area (Å²) >= 11 is 0. The standard InChI is InChI=1S/C24H50/c1-5-8-10-16-19-23(4)20-17-14-12-11-13-15-18-22-24(7-3)21-9-6-2/h23-24H,5-22H2,1-4H3. The monoisotopic (exact) mass is 338 g/mol. The van der Waals surface area contributed by atoms with Gasteiger partial charge in [0.05, 0.1) is 0 Å². The lowest BCUT2D eigenvalue weighted by Crippen LogP contribution is -1.98. The van der Waals surface area contributed by atoms with E-state index in [4.69, 9.17) is 0 Å². The summed E-state index contributed by atoms with van der Waals surface area (Å²) in [6.07, 6.45) is 26.2. The predicted molar refractivity (Wildman–Crippen MR) is 113 cm³/mol. The van der Waals surface area contributed by atoms with Crippen LogP contribution in [-0.2, 0) is 0 Å². The van der Waals surface area contributed by atoms with E-state index in [0.717, 1.165) is 11.8 Å². The van der Waals surface area contributed by atoms with Gasteiger partial charge in [-0.15, -0.1) is 0 Å². The number of hydrogen-bond acceptors (Lipinski definition) is 0. The van der Waals surface area contributed by atoms with E-state index >= 15 is 0 Å². The molecule has 0 amide bonds. The van der Waals surface area contributed by atoms with E-state index in [1.54, 1.807) is 0 Å². The smallest absolute Gasteiger partial charge is 0.0417 e. The second-order valence-electron chi connectivity index (χ2n) is 8.42. The van der Waals surface area contributed by atoms with Crippen molar-refractivity contribution >= 4 is 0 Å². The molecule has 0 saturated heterocycles. The van der Waals surface area contributed by atoms with Crippen molar-refractivity contribution in [3.05, 3.63) is 0 Å². The highest BCUT2D eigenvalue weighted by molar-refractivity contribution is 4.59. The molecule has 0 bridgehead atoms. The number of unbranched alkanes of at least 4 members (excludes halogenated alkanes) is 10. The summed E-state index contributed by atoms with van der Waals surface area (Å²) in [6.45, 7) is 9.47. The van der Waals surface area contributed by atoms with Gasteiger partial charge in [-0.3, -0.25) is 0 Å². The molecule has 2 unspecified atom stereocenters. The summed E-state index contributed by atoms with van der Waals surface area (Å²) in [5.74, 6) is 1.99. The van der Waals surface area contributed by atoms with Crippen LogP contribution in [0.2, 0.25) is 0 Å². The highest BCUT2D eigenvalue weighted by Crippen LogP contribution is 2.21. The third kappa shape index (κ3) is 16.8. The zero-order valence-electron chi connectivity index (χ0n) is 17.9. The lowest BCUT2D eigenvalue weighted by Gasteiger charge is -2.14. The quantitative estimate of drug-likeness (QED) is 0.206. The predicted octanol–water partition coefficient (Wildman–Crippen LogP) is 9.32. The summed E-state index contributed by atoms with van der Waals surface area (Å²) in [6, 6.07) is 0. The highest BCUT2D eigenvalue weighted by atomic mass is 14.1. The van der Waals surface area contributed by atoms with Crippen LogP contribution in [-0.4, -0.2) is 0 Å². The van der Waals surface area contributed by atoms with Crippen LogP contribution >= 0.6 is 0 Å². The van der Waals surface area contributed by atoms with Gasteiger partial charge in [-0.2, -0.15) is 0 Å². The topological polar surface area (TPSA) is 0 Å². The van der Waals surface area contributed by atoms with Gasteiger partial charge in [0, 0.05) is 0 Å². The molecular weight excluding hydrogens is 288 g/mol. The zero-order chi connectivity index (χ0) is 17.9. The maximum absolute atomic E-state index is 2.47. The largest absolute Gasteiger partial charge is 0.0654 e. The van der Waals surface area contributed by atoms with Gasteiger partial charge in [0.25, 0.3) is 0 Å². The van der Waals surface area contributed by atoms with Crippen molar-refractivity contribution in [3.63, 3.8) is 0 Å². The normalized spacial score (nSPS) is 14.0. The molecule has 0 aliphatic rings. The Balaban J connectivity index is 3.27. The SMILES string of the molecule is CCCCCCC(C)CCCCCCCCCC(CC)CCCC. The molecular formula is C24H50. The zero-order valence-corrected chi connectivity index (χ0v) is 17.9. The molecule has 0 aromatic heterocycles. The summed E-state index contributed by atoms with van der Waals surface area (Å²) in [4.78, 5) is 0. The molecule has 0 aliphatic heterocycles. The third-order valence-electron chi connectivity index (χ3n) is 5.90. The fraction of sp³-hybridized carbons (Fsp3) is 1.00. The molecule has 0 aliphatic carbocycles. The maximum atomic E-state index is 2.47. The Kier molecular flexibility index (Phi) is 19.3. The van der Waals surface area contributed by atoms with Crippen LogP contribution in [0.3, 0.4) is 0 Å². The van der Waals surface area contributed by atoms with Gasteiger partial charge in [0.15, 0.2) is 0 Å². The van der Waals surface area contributed by atoms with Crippen LogP contribution in [0, 0.1) is 11.8 Å². The Morgan fingerprint density at radius 3 is 1.38 bits per heavy atom. The molecule has 0 saturated carbocycles. The first-order chi connectivity index (χ1) is 11.7. The molecule has 0 aromatic rings. The van der Waals surface area contributed by atoms with E-state index < -0.39 is 0 Å². The molecule has 0 heterocycles. The van der Waals surface area contributed by atoms with Crippen LogP contribution in [0.15, 0.2) is 0 Å². The van der Waals surface area contributed by atoms with Crippen molar-refractivity contribution in [1.29, 1.82) is 0 Å². The van der Waals surface area contributed by atoms with Crippen molar-refractivity contribution in [3.8, 4) is 0 Å². The van der Waals surface area contributed by atoms with Crippen molar-refractivity contribution in [2.24, 2.45) is 11.8 Å². The molecule has 0 fully saturated rings. The Bertz CT molecular complexity index is 220. The van der Waals surface area contributed by atoms with Crippen LogP contribution in [0.1, 0.15) is 143 Å². The van der Waals surface area contributed by atoms with Gasteiger partial charge in [0.2, 0.25) is 0 Å². The Morgan fingerprint density at radius 2 is 0.875 bits per heavy atom. The van der Waals surface area contributed by atoms with E-state index in [1.807, 2.05) is 0 Å². The maximum Gasteiger partial charge on any atom is -0.0417 e. The van der Waals surface area contributed by atoms with E-state index in [-0.39, 0.29) is 0 Å². The van der Waals surface area contributed by atoms with E-state index in [9.17, 15) is 0 Å². The Morgan fingerprint density at radius 1 is 0.458 bits per heavy atom. The minimum Gasteiger partial charge on any atom is -0.0654 e. The third-order valence-corrected chi connectivity index (χ3v) is 5.90. The van der Waals surface area contributed by atoms with Crippen molar-refractivity contribution in [1.82, 2.24) is 0 Å². The van der Waals surface area contributed by atoms with Crippen LogP contribution in [0.4, 0.5) is 0 Å². The van der Waals surface area contributed by atoms with Crippen LogP contribution in [0.25, 0.3) is 0 Å². The van der Waals surface area contributed by atoms with Gasteiger partial charge >= 0.3 is 0 Å². The molecule has 0 aromatic carbocycles. The van der Waals surface area contributed by atoms with E-state index in [0.29, 0.717) is 0 Å². The first kappa shape index (κ1) is 24.0. The Labute approximate surface area is 155 Å². The fourth-order valence-corrected chi connectivity index (χ4v) is 3.92. The number of hydrogen-bond donors (Lipinski definition) is 0. The van der Waals surface area contributed by atoms with Crippen molar-refractivity contribution < 1.29 is 0 Å². The molecule has 0 rings (SSSR count). The summed E-state index contributed by atoms with van der Waals surface area (Å²) < 4.78 is 0. The average molecular weight is 339 g/mol. The van der Waals surface area contributed by atoms with Crippen LogP contribution in [0.5, 0.6) is 0 Å². The van der Waals surface area contributed by atoms with E-state index in [1.165, 1.54) is 116 Å². The van der Waals surface area contributed by atoms with Gasteiger partial charge in [0.1, 0.15) is 0 Å². The minimum atomic E-state index is 0.968. The second kappa shape index (κ2) is 19.3. The molecule has 0 nitrogen and oxygen atoms in total. The van der Waals surface area contributed by atoms with Crippen molar-refractivity contribution in [2.45, 2.75) is 143 Å². The molecule has 0 radical (unpaired) electrons. The molecule has 0 spiro atoms. The molecule has 0 N–H and O–H groups in total. The molecule has 146 valence electrons. The summed E-state index contributed by atoms with van der Waals surface area (Å²) in [5, 5.41) is 0. The average Bonchev–Trinajstić information content (AvgIpc) is 2.59. The second-order valence-corrected chi connectivity index (χ2v) is 8.42. The van der Waals surface area contributed by atoms with Crippen molar-refractivity contribution in [2.75, 3.05) is 0 Å². The number of rotatable bonds is 19. The first-order valence-electron chi connectivity index (χ1n) is 11.7. The highest BCUT2D eigenvalue weighted by Gasteiger charge is 2.05. The first-order valence-corrected chi connectivity index (χ1v) is 11.7. The van der Waals surface area contributed by atoms with E-state index in [2.05, 4.69) is 27.7 Å². The molecule has 24 heavy (non-hydrogen) atoms. The molecule has 0 heteroatoms.